The van der Waals surface area contributed by atoms with E-state index in [1.54, 1.807) is 12.6 Å². The summed E-state index contributed by atoms with van der Waals surface area (Å²) in [6.07, 6.45) is 4.19. The van der Waals surface area contributed by atoms with Gasteiger partial charge in [-0.15, -0.1) is 10.2 Å². The summed E-state index contributed by atoms with van der Waals surface area (Å²) in [7, 11) is 0. The largest absolute Gasteiger partial charge is 0.469 e. The maximum atomic E-state index is 5.34. The fraction of sp³-hybridized carbons (Fsp3) is 0.278. The van der Waals surface area contributed by atoms with Crippen molar-refractivity contribution in [3.63, 3.8) is 0 Å². The van der Waals surface area contributed by atoms with Crippen LogP contribution in [0.2, 0.25) is 0 Å². The Bertz CT molecular complexity index is 779. The first-order chi connectivity index (χ1) is 12.4. The summed E-state index contributed by atoms with van der Waals surface area (Å²) in [5.74, 6) is 2.48. The lowest BCUT2D eigenvalue weighted by atomic mass is 10.3. The molecule has 0 radical (unpaired) electrons. The van der Waals surface area contributed by atoms with Crippen molar-refractivity contribution in [3.8, 4) is 5.69 Å². The van der Waals surface area contributed by atoms with Crippen molar-refractivity contribution < 1.29 is 4.42 Å². The Morgan fingerprint density at radius 1 is 1.16 bits per heavy atom. The van der Waals surface area contributed by atoms with E-state index in [9.17, 15) is 0 Å². The number of aliphatic imine (C=N–C) groups is 1. The molecule has 0 saturated heterocycles. The molecule has 3 aromatic rings. The highest BCUT2D eigenvalue weighted by Gasteiger charge is 2.06. The van der Waals surface area contributed by atoms with Gasteiger partial charge in [-0.05, 0) is 31.2 Å². The maximum absolute atomic E-state index is 5.34. The van der Waals surface area contributed by atoms with Crippen molar-refractivity contribution in [2.75, 3.05) is 13.1 Å². The van der Waals surface area contributed by atoms with Gasteiger partial charge in [-0.2, -0.15) is 0 Å². The first kappa shape index (κ1) is 16.8. The Labute approximate surface area is 146 Å². The van der Waals surface area contributed by atoms with Crippen LogP contribution in [-0.2, 0) is 13.0 Å². The van der Waals surface area contributed by atoms with Crippen LogP contribution < -0.4 is 10.6 Å². The molecule has 25 heavy (non-hydrogen) atoms. The molecule has 0 amide bonds. The van der Waals surface area contributed by atoms with Gasteiger partial charge in [-0.3, -0.25) is 4.57 Å². The van der Waals surface area contributed by atoms with Gasteiger partial charge in [0, 0.05) is 25.2 Å². The fourth-order valence-electron chi connectivity index (χ4n) is 2.42. The zero-order valence-corrected chi connectivity index (χ0v) is 14.2. The lowest BCUT2D eigenvalue weighted by molar-refractivity contribution is 0.507. The van der Waals surface area contributed by atoms with Gasteiger partial charge in [0.1, 0.15) is 18.6 Å². The summed E-state index contributed by atoms with van der Waals surface area (Å²) in [6.45, 7) is 4.00. The summed E-state index contributed by atoms with van der Waals surface area (Å²) < 4.78 is 7.28. The van der Waals surface area contributed by atoms with Gasteiger partial charge in [0.2, 0.25) is 0 Å². The molecule has 0 aliphatic carbocycles. The molecule has 3 rings (SSSR count). The summed E-state index contributed by atoms with van der Waals surface area (Å²) in [5.41, 5.74) is 1.02. The van der Waals surface area contributed by atoms with Crippen LogP contribution in [0, 0.1) is 0 Å². The third-order valence-electron chi connectivity index (χ3n) is 3.62. The summed E-state index contributed by atoms with van der Waals surface area (Å²) in [6, 6.07) is 13.9. The number of benzene rings is 1. The highest BCUT2D eigenvalue weighted by Crippen LogP contribution is 2.09. The lowest BCUT2D eigenvalue weighted by Gasteiger charge is -2.11. The molecule has 130 valence electrons. The van der Waals surface area contributed by atoms with Crippen LogP contribution in [0.4, 0.5) is 0 Å². The van der Waals surface area contributed by atoms with Crippen molar-refractivity contribution in [3.05, 3.63) is 66.6 Å². The standard InChI is InChI=1S/C18H22N6O/c1-2-19-18(20-11-10-16-9-6-12-25-16)21-13-17-23-22-14-24(17)15-7-4-3-5-8-15/h3-9,12,14H,2,10-11,13H2,1H3,(H2,19,20,21). The number of furan rings is 1. The predicted octanol–water partition coefficient (Wildman–Crippen LogP) is 2.16. The first-order valence-corrected chi connectivity index (χ1v) is 8.35. The Morgan fingerprint density at radius 3 is 2.80 bits per heavy atom. The molecule has 0 spiro atoms. The molecular weight excluding hydrogens is 316 g/mol. The quantitative estimate of drug-likeness (QED) is 0.510. The van der Waals surface area contributed by atoms with Gasteiger partial charge < -0.3 is 15.1 Å². The molecule has 0 saturated carbocycles. The average Bonchev–Trinajstić information content (AvgIpc) is 3.32. The summed E-state index contributed by atoms with van der Waals surface area (Å²) >= 11 is 0. The molecule has 2 heterocycles. The van der Waals surface area contributed by atoms with Crippen molar-refractivity contribution >= 4 is 5.96 Å². The molecule has 7 heteroatoms. The lowest BCUT2D eigenvalue weighted by Crippen LogP contribution is -2.38. The Morgan fingerprint density at radius 2 is 2.04 bits per heavy atom. The Hall–Kier alpha value is -3.09. The van der Waals surface area contributed by atoms with Crippen molar-refractivity contribution in [1.29, 1.82) is 0 Å². The smallest absolute Gasteiger partial charge is 0.191 e. The Kier molecular flexibility index (Phi) is 5.82. The van der Waals surface area contributed by atoms with E-state index in [2.05, 4.69) is 25.8 Å². The van der Waals surface area contributed by atoms with Crippen LogP contribution in [0.3, 0.4) is 0 Å². The van der Waals surface area contributed by atoms with Crippen molar-refractivity contribution in [1.82, 2.24) is 25.4 Å². The summed E-state index contributed by atoms with van der Waals surface area (Å²) in [4.78, 5) is 4.60. The second-order valence-corrected chi connectivity index (χ2v) is 5.40. The predicted molar refractivity (Wildman–Crippen MR) is 96.6 cm³/mol. The minimum Gasteiger partial charge on any atom is -0.469 e. The van der Waals surface area contributed by atoms with Crippen molar-refractivity contribution in [2.45, 2.75) is 19.9 Å². The van der Waals surface area contributed by atoms with E-state index in [4.69, 9.17) is 4.42 Å². The summed E-state index contributed by atoms with van der Waals surface area (Å²) in [5, 5.41) is 14.7. The number of aromatic nitrogens is 3. The molecular formula is C18H22N6O. The van der Waals surface area contributed by atoms with Crippen LogP contribution >= 0.6 is 0 Å². The van der Waals surface area contributed by atoms with Gasteiger partial charge in [0.05, 0.1) is 6.26 Å². The van der Waals surface area contributed by atoms with Gasteiger partial charge in [-0.25, -0.2) is 4.99 Å². The SMILES string of the molecule is CCNC(=NCc1nncn1-c1ccccc1)NCCc1ccco1. The highest BCUT2D eigenvalue weighted by atomic mass is 16.3. The van der Waals surface area contributed by atoms with Crippen LogP contribution in [0.1, 0.15) is 18.5 Å². The zero-order chi connectivity index (χ0) is 17.3. The van der Waals surface area contributed by atoms with Gasteiger partial charge in [0.25, 0.3) is 0 Å². The molecule has 2 aromatic heterocycles. The number of hydrogen-bond acceptors (Lipinski definition) is 4. The number of hydrogen-bond donors (Lipinski definition) is 2. The monoisotopic (exact) mass is 338 g/mol. The number of nitrogens with one attached hydrogen (secondary N) is 2. The second kappa shape index (κ2) is 8.68. The topological polar surface area (TPSA) is 80.3 Å². The van der Waals surface area contributed by atoms with Gasteiger partial charge in [-0.1, -0.05) is 18.2 Å². The van der Waals surface area contributed by atoms with Crippen LogP contribution in [0.25, 0.3) is 5.69 Å². The minimum atomic E-state index is 0.435. The molecule has 0 bridgehead atoms. The highest BCUT2D eigenvalue weighted by molar-refractivity contribution is 5.79. The minimum absolute atomic E-state index is 0.435. The number of nitrogens with zero attached hydrogens (tertiary/aromatic N) is 4. The van der Waals surface area contributed by atoms with E-state index in [1.807, 2.05) is 54.0 Å². The maximum Gasteiger partial charge on any atom is 0.191 e. The molecule has 0 atom stereocenters. The second-order valence-electron chi connectivity index (χ2n) is 5.40. The van der Waals surface area contributed by atoms with Gasteiger partial charge in [0.15, 0.2) is 11.8 Å². The molecule has 0 unspecified atom stereocenters. The first-order valence-electron chi connectivity index (χ1n) is 8.35. The van der Waals surface area contributed by atoms with Crippen molar-refractivity contribution in [2.24, 2.45) is 4.99 Å². The fourth-order valence-corrected chi connectivity index (χ4v) is 2.42. The molecule has 7 nitrogen and oxygen atoms in total. The van der Waals surface area contributed by atoms with Crippen LogP contribution in [0.15, 0.2) is 64.5 Å². The number of guanidine groups is 1. The van der Waals surface area contributed by atoms with Gasteiger partial charge >= 0.3 is 0 Å². The average molecular weight is 338 g/mol. The Balaban J connectivity index is 1.62. The van der Waals surface area contributed by atoms with E-state index in [1.165, 1.54) is 0 Å². The molecule has 0 aliphatic heterocycles. The number of rotatable bonds is 7. The normalized spacial score (nSPS) is 11.5. The van der Waals surface area contributed by atoms with E-state index in [-0.39, 0.29) is 0 Å². The van der Waals surface area contributed by atoms with Crippen LogP contribution in [-0.4, -0.2) is 33.8 Å². The van der Waals surface area contributed by atoms with E-state index in [0.29, 0.717) is 6.54 Å². The van der Waals surface area contributed by atoms with E-state index in [0.717, 1.165) is 42.7 Å². The van der Waals surface area contributed by atoms with E-state index >= 15 is 0 Å². The molecule has 2 N–H and O–H groups in total. The zero-order valence-electron chi connectivity index (χ0n) is 14.2. The third kappa shape index (κ3) is 4.69. The van der Waals surface area contributed by atoms with E-state index < -0.39 is 0 Å². The number of para-hydroxylation sites is 1. The molecule has 1 aromatic carbocycles. The van der Waals surface area contributed by atoms with Crippen LogP contribution in [0.5, 0.6) is 0 Å². The third-order valence-corrected chi connectivity index (χ3v) is 3.62. The molecule has 0 aliphatic rings. The molecule has 0 fully saturated rings.